The van der Waals surface area contributed by atoms with Gasteiger partial charge in [-0.25, -0.2) is 9.97 Å². The number of nitrogens with zero attached hydrogens (tertiary/aromatic N) is 4. The Morgan fingerprint density at radius 3 is 1.65 bits per heavy atom. The molecule has 0 bridgehead atoms. The Bertz CT molecular complexity index is 1710. The summed E-state index contributed by atoms with van der Waals surface area (Å²) in [7, 11) is 0. The van der Waals surface area contributed by atoms with Gasteiger partial charge in [0.1, 0.15) is 6.17 Å². The van der Waals surface area contributed by atoms with E-state index in [-0.39, 0.29) is 17.0 Å². The molecule has 196 valence electrons. The van der Waals surface area contributed by atoms with Crippen molar-refractivity contribution >= 4 is 23.0 Å². The normalized spacial score (nSPS) is 20.4. The third-order valence-electron chi connectivity index (χ3n) is 9.05. The zero-order valence-corrected chi connectivity index (χ0v) is 23.1. The zero-order valence-electron chi connectivity index (χ0n) is 23.1. The molecule has 0 saturated heterocycles. The molecule has 2 unspecified atom stereocenters. The molecule has 0 N–H and O–H groups in total. The number of para-hydroxylation sites is 2. The lowest BCUT2D eigenvalue weighted by molar-refractivity contribution is 0.171. The first-order valence-electron chi connectivity index (χ1n) is 13.9. The fraction of sp³-hybridized carbons (Fsp3) is 0.167. The highest BCUT2D eigenvalue weighted by molar-refractivity contribution is 5.91. The minimum Gasteiger partial charge on any atom is -0.301 e. The molecule has 0 aliphatic carbocycles. The molecule has 0 amide bonds. The number of aromatic nitrogens is 2. The van der Waals surface area contributed by atoms with Gasteiger partial charge in [-0.3, -0.25) is 0 Å². The molecule has 5 aromatic rings. The summed E-state index contributed by atoms with van der Waals surface area (Å²) < 4.78 is 0. The number of hydrogen-bond acceptors (Lipinski definition) is 4. The van der Waals surface area contributed by atoms with Crippen molar-refractivity contribution in [3.05, 3.63) is 133 Å². The second-order valence-corrected chi connectivity index (χ2v) is 11.4. The standard InChI is InChI=1S/C36H32N4/c1-5-36(4)28-23-15-16-24-29(28)40-33-32(39(34(40)35(36,2)3)27-21-13-8-14-22-27)37-30(25-17-9-6-10-18-25)31(38-33)26-19-11-7-12-20-26/h5-24,34H,1H2,2-4H3. The summed E-state index contributed by atoms with van der Waals surface area (Å²) in [5.74, 6) is 1.74. The van der Waals surface area contributed by atoms with E-state index in [4.69, 9.17) is 9.97 Å². The lowest BCUT2D eigenvalue weighted by Gasteiger charge is -2.56. The van der Waals surface area contributed by atoms with Crippen molar-refractivity contribution in [3.63, 3.8) is 0 Å². The third kappa shape index (κ3) is 3.32. The van der Waals surface area contributed by atoms with Gasteiger partial charge in [-0.1, -0.05) is 124 Å². The molecule has 4 heteroatoms. The van der Waals surface area contributed by atoms with E-state index >= 15 is 0 Å². The van der Waals surface area contributed by atoms with Crippen LogP contribution in [0.5, 0.6) is 0 Å². The van der Waals surface area contributed by atoms with Gasteiger partial charge in [-0.2, -0.15) is 0 Å². The highest BCUT2D eigenvalue weighted by Gasteiger charge is 2.59. The minimum absolute atomic E-state index is 0.0718. The van der Waals surface area contributed by atoms with Crippen LogP contribution in [0.1, 0.15) is 26.3 Å². The Morgan fingerprint density at radius 2 is 1.10 bits per heavy atom. The predicted molar refractivity (Wildman–Crippen MR) is 165 cm³/mol. The van der Waals surface area contributed by atoms with Crippen molar-refractivity contribution < 1.29 is 0 Å². The molecule has 7 rings (SSSR count). The first kappa shape index (κ1) is 24.3. The number of fused-ring (bicyclic) bond motifs is 5. The summed E-state index contributed by atoms with van der Waals surface area (Å²) in [4.78, 5) is 15.8. The van der Waals surface area contributed by atoms with Crippen molar-refractivity contribution in [2.45, 2.75) is 32.4 Å². The van der Waals surface area contributed by atoms with E-state index in [9.17, 15) is 0 Å². The van der Waals surface area contributed by atoms with Crippen LogP contribution in [0.2, 0.25) is 0 Å². The Kier molecular flexibility index (Phi) is 5.43. The zero-order chi connectivity index (χ0) is 27.5. The van der Waals surface area contributed by atoms with Crippen LogP contribution in [-0.2, 0) is 5.41 Å². The maximum Gasteiger partial charge on any atom is 0.179 e. The summed E-state index contributed by atoms with van der Waals surface area (Å²) in [5.41, 5.74) is 6.80. The molecule has 0 saturated carbocycles. The fourth-order valence-electron chi connectivity index (χ4n) is 6.54. The minimum atomic E-state index is -0.287. The summed E-state index contributed by atoms with van der Waals surface area (Å²) in [6.45, 7) is 11.4. The molecule has 40 heavy (non-hydrogen) atoms. The number of hydrogen-bond donors (Lipinski definition) is 0. The molecule has 2 aliphatic heterocycles. The van der Waals surface area contributed by atoms with E-state index in [1.807, 2.05) is 12.1 Å². The second kappa shape index (κ2) is 8.92. The number of allylic oxidation sites excluding steroid dienone is 1. The average Bonchev–Trinajstić information content (AvgIpc) is 3.36. The predicted octanol–water partition coefficient (Wildman–Crippen LogP) is 8.91. The Balaban J connectivity index is 1.59. The fourth-order valence-corrected chi connectivity index (χ4v) is 6.54. The molecular formula is C36H32N4. The summed E-state index contributed by atoms with van der Waals surface area (Å²) >= 11 is 0. The molecule has 0 radical (unpaired) electrons. The first-order valence-corrected chi connectivity index (χ1v) is 13.9. The van der Waals surface area contributed by atoms with Crippen molar-refractivity contribution in [2.24, 2.45) is 5.41 Å². The van der Waals surface area contributed by atoms with E-state index in [0.717, 1.165) is 45.5 Å². The maximum absolute atomic E-state index is 5.49. The highest BCUT2D eigenvalue weighted by Crippen LogP contribution is 2.62. The monoisotopic (exact) mass is 520 g/mol. The second-order valence-electron chi connectivity index (χ2n) is 11.4. The lowest BCUT2D eigenvalue weighted by atomic mass is 9.58. The van der Waals surface area contributed by atoms with Crippen molar-refractivity contribution in [2.75, 3.05) is 9.80 Å². The van der Waals surface area contributed by atoms with Gasteiger partial charge in [-0.05, 0) is 23.8 Å². The summed E-state index contributed by atoms with van der Waals surface area (Å²) in [6, 6.07) is 40.1. The molecule has 3 heterocycles. The van der Waals surface area contributed by atoms with Crippen molar-refractivity contribution in [3.8, 4) is 22.5 Å². The Labute approximate surface area is 236 Å². The molecule has 1 aromatic heterocycles. The summed E-state index contributed by atoms with van der Waals surface area (Å²) in [6.07, 6.45) is 2.05. The van der Waals surface area contributed by atoms with Gasteiger partial charge in [-0.15, -0.1) is 6.58 Å². The molecular weight excluding hydrogens is 488 g/mol. The van der Waals surface area contributed by atoms with E-state index in [2.05, 4.69) is 146 Å². The molecule has 2 aliphatic rings. The molecule has 2 atom stereocenters. The van der Waals surface area contributed by atoms with E-state index in [1.165, 1.54) is 5.56 Å². The van der Waals surface area contributed by atoms with Gasteiger partial charge in [0.05, 0.1) is 11.4 Å². The van der Waals surface area contributed by atoms with Crippen LogP contribution in [0.4, 0.5) is 23.0 Å². The van der Waals surface area contributed by atoms with E-state index in [0.29, 0.717) is 0 Å². The number of benzene rings is 4. The summed E-state index contributed by atoms with van der Waals surface area (Å²) in [5, 5.41) is 0. The van der Waals surface area contributed by atoms with Gasteiger partial charge < -0.3 is 9.80 Å². The topological polar surface area (TPSA) is 32.3 Å². The van der Waals surface area contributed by atoms with Crippen LogP contribution < -0.4 is 9.80 Å². The van der Waals surface area contributed by atoms with Crippen LogP contribution in [-0.4, -0.2) is 16.1 Å². The Hall–Kier alpha value is -4.70. The SMILES string of the molecule is C=CC1(C)c2ccccc2N2c3nc(-c4ccccc4)c(-c4ccccc4)nc3N(c3ccccc3)C2C1(C)C. The average molecular weight is 521 g/mol. The van der Waals surface area contributed by atoms with Gasteiger partial charge in [0.2, 0.25) is 0 Å². The highest BCUT2D eigenvalue weighted by atomic mass is 15.5. The van der Waals surface area contributed by atoms with Gasteiger partial charge in [0.25, 0.3) is 0 Å². The smallest absolute Gasteiger partial charge is 0.179 e. The van der Waals surface area contributed by atoms with Crippen LogP contribution in [0.15, 0.2) is 128 Å². The van der Waals surface area contributed by atoms with E-state index < -0.39 is 0 Å². The maximum atomic E-state index is 5.49. The first-order chi connectivity index (χ1) is 19.5. The molecule has 0 fully saturated rings. The van der Waals surface area contributed by atoms with Crippen LogP contribution in [0.3, 0.4) is 0 Å². The van der Waals surface area contributed by atoms with Gasteiger partial charge >= 0.3 is 0 Å². The Morgan fingerprint density at radius 1 is 0.625 bits per heavy atom. The third-order valence-corrected chi connectivity index (χ3v) is 9.05. The largest absolute Gasteiger partial charge is 0.301 e. The van der Waals surface area contributed by atoms with Gasteiger partial charge in [0.15, 0.2) is 11.6 Å². The van der Waals surface area contributed by atoms with Crippen LogP contribution >= 0.6 is 0 Å². The molecule has 0 spiro atoms. The lowest BCUT2D eigenvalue weighted by Crippen LogP contribution is -2.60. The van der Waals surface area contributed by atoms with Crippen molar-refractivity contribution in [1.82, 2.24) is 9.97 Å². The van der Waals surface area contributed by atoms with E-state index in [1.54, 1.807) is 0 Å². The van der Waals surface area contributed by atoms with Gasteiger partial charge in [0, 0.05) is 33.3 Å². The number of rotatable bonds is 4. The van der Waals surface area contributed by atoms with Crippen LogP contribution in [0, 0.1) is 5.41 Å². The molecule has 4 nitrogen and oxygen atoms in total. The van der Waals surface area contributed by atoms with Crippen molar-refractivity contribution in [1.29, 1.82) is 0 Å². The molecule has 4 aromatic carbocycles. The quantitative estimate of drug-likeness (QED) is 0.222. The van der Waals surface area contributed by atoms with Crippen LogP contribution in [0.25, 0.3) is 22.5 Å². The number of anilines is 4.